The second kappa shape index (κ2) is 7.53. The Balaban J connectivity index is 1.46. The van der Waals surface area contributed by atoms with Gasteiger partial charge in [-0.15, -0.1) is 0 Å². The molecule has 1 amide bonds. The number of nitrogens with zero attached hydrogens (tertiary/aromatic N) is 4. The van der Waals surface area contributed by atoms with Crippen LogP contribution in [0.5, 0.6) is 0 Å². The van der Waals surface area contributed by atoms with E-state index in [9.17, 15) is 4.79 Å². The minimum atomic E-state index is -0.318. The summed E-state index contributed by atoms with van der Waals surface area (Å²) >= 11 is 5.97. The van der Waals surface area contributed by atoms with Crippen LogP contribution in [0.1, 0.15) is 16.2 Å². The molecule has 0 spiro atoms. The van der Waals surface area contributed by atoms with Crippen LogP contribution in [-0.2, 0) is 6.54 Å². The third-order valence-corrected chi connectivity index (χ3v) is 4.26. The first-order chi connectivity index (χ1) is 13.6. The van der Waals surface area contributed by atoms with Crippen molar-refractivity contribution in [1.29, 1.82) is 0 Å². The first-order valence-electron chi connectivity index (χ1n) is 8.42. The molecule has 0 aromatic carbocycles. The van der Waals surface area contributed by atoms with E-state index in [0.717, 1.165) is 16.9 Å². The standard InChI is InChI=1S/C19H16ClN7O/c20-12-6-15-8-17(25-11-27(15)10-12)19(28)26-13-3-5-22-14(7-13)9-24-16-2-1-4-23-18(16)21/h1-8,10-11,24H,9H2,(H2,21,23)(H,22,26,28). The largest absolute Gasteiger partial charge is 0.382 e. The summed E-state index contributed by atoms with van der Waals surface area (Å²) in [4.78, 5) is 25.0. The van der Waals surface area contributed by atoms with Gasteiger partial charge < -0.3 is 20.8 Å². The highest BCUT2D eigenvalue weighted by Gasteiger charge is 2.10. The molecule has 28 heavy (non-hydrogen) atoms. The molecule has 0 aliphatic carbocycles. The van der Waals surface area contributed by atoms with Gasteiger partial charge in [-0.25, -0.2) is 9.97 Å². The lowest BCUT2D eigenvalue weighted by atomic mass is 10.2. The van der Waals surface area contributed by atoms with Crippen molar-refractivity contribution in [3.05, 3.63) is 77.7 Å². The summed E-state index contributed by atoms with van der Waals surface area (Å²) in [6.07, 6.45) is 6.53. The number of hydrogen-bond donors (Lipinski definition) is 3. The molecule has 0 aliphatic rings. The van der Waals surface area contributed by atoms with Crippen LogP contribution in [0.3, 0.4) is 0 Å². The number of rotatable bonds is 5. The number of carbonyl (C=O) groups is 1. The Kier molecular flexibility index (Phi) is 4.77. The van der Waals surface area contributed by atoms with E-state index in [1.807, 2.05) is 6.07 Å². The first-order valence-corrected chi connectivity index (χ1v) is 8.80. The number of nitrogens with one attached hydrogen (secondary N) is 2. The summed E-state index contributed by atoms with van der Waals surface area (Å²) in [6, 6.07) is 10.6. The van der Waals surface area contributed by atoms with Crippen molar-refractivity contribution in [3.8, 4) is 0 Å². The van der Waals surface area contributed by atoms with Gasteiger partial charge >= 0.3 is 0 Å². The van der Waals surface area contributed by atoms with Gasteiger partial charge in [-0.1, -0.05) is 11.6 Å². The molecule has 9 heteroatoms. The molecule has 0 saturated carbocycles. The second-order valence-corrected chi connectivity index (χ2v) is 6.48. The van der Waals surface area contributed by atoms with Crippen LogP contribution in [0.4, 0.5) is 17.2 Å². The summed E-state index contributed by atoms with van der Waals surface area (Å²) in [5, 5.41) is 6.59. The molecule has 0 atom stereocenters. The van der Waals surface area contributed by atoms with E-state index < -0.39 is 0 Å². The monoisotopic (exact) mass is 393 g/mol. The number of nitrogens with two attached hydrogens (primary N) is 1. The molecule has 140 valence electrons. The van der Waals surface area contributed by atoms with E-state index in [-0.39, 0.29) is 5.91 Å². The summed E-state index contributed by atoms with van der Waals surface area (Å²) < 4.78 is 1.75. The molecule has 0 fully saturated rings. The van der Waals surface area contributed by atoms with Gasteiger partial charge in [-0.2, -0.15) is 0 Å². The average molecular weight is 394 g/mol. The van der Waals surface area contributed by atoms with Crippen molar-refractivity contribution in [2.24, 2.45) is 0 Å². The topological polar surface area (TPSA) is 110 Å². The number of amides is 1. The fraction of sp³-hybridized carbons (Fsp3) is 0.0526. The number of halogens is 1. The van der Waals surface area contributed by atoms with Crippen LogP contribution >= 0.6 is 11.6 Å². The molecular formula is C19H16ClN7O. The summed E-state index contributed by atoms with van der Waals surface area (Å²) in [5.41, 5.74) is 8.98. The zero-order valence-electron chi connectivity index (χ0n) is 14.6. The molecule has 4 rings (SSSR count). The van der Waals surface area contributed by atoms with Crippen LogP contribution in [0, 0.1) is 0 Å². The maximum absolute atomic E-state index is 12.5. The van der Waals surface area contributed by atoms with Crippen LogP contribution in [0.2, 0.25) is 5.02 Å². The Morgan fingerprint density at radius 1 is 1.14 bits per heavy atom. The molecule has 4 N–H and O–H groups in total. The lowest BCUT2D eigenvalue weighted by Crippen LogP contribution is -2.14. The number of carbonyl (C=O) groups excluding carboxylic acids is 1. The van der Waals surface area contributed by atoms with E-state index in [0.29, 0.717) is 28.8 Å². The maximum atomic E-state index is 12.5. The van der Waals surface area contributed by atoms with Crippen molar-refractivity contribution >= 4 is 40.2 Å². The predicted octanol–water partition coefficient (Wildman–Crippen LogP) is 3.22. The van der Waals surface area contributed by atoms with Crippen LogP contribution in [0.25, 0.3) is 5.52 Å². The van der Waals surface area contributed by atoms with Gasteiger partial charge in [-0.05, 0) is 36.4 Å². The van der Waals surface area contributed by atoms with E-state index in [2.05, 4.69) is 25.6 Å². The molecule has 4 aromatic rings. The first kappa shape index (κ1) is 17.7. The second-order valence-electron chi connectivity index (χ2n) is 6.04. The van der Waals surface area contributed by atoms with Crippen molar-refractivity contribution < 1.29 is 4.79 Å². The van der Waals surface area contributed by atoms with E-state index in [1.165, 1.54) is 0 Å². The number of nitrogen functional groups attached to an aromatic ring is 1. The summed E-state index contributed by atoms with van der Waals surface area (Å²) in [6.45, 7) is 0.437. The molecule has 4 heterocycles. The number of pyridine rings is 2. The molecule has 4 aromatic heterocycles. The molecule has 0 saturated heterocycles. The van der Waals surface area contributed by atoms with E-state index >= 15 is 0 Å². The fourth-order valence-electron chi connectivity index (χ4n) is 2.70. The third kappa shape index (κ3) is 3.86. The van der Waals surface area contributed by atoms with E-state index in [4.69, 9.17) is 17.3 Å². The van der Waals surface area contributed by atoms with E-state index in [1.54, 1.807) is 59.7 Å². The van der Waals surface area contributed by atoms with Gasteiger partial charge in [0.25, 0.3) is 5.91 Å². The van der Waals surface area contributed by atoms with Gasteiger partial charge in [0.05, 0.1) is 28.5 Å². The molecule has 0 bridgehead atoms. The van der Waals surface area contributed by atoms with Gasteiger partial charge in [0, 0.05) is 24.3 Å². The quantitative estimate of drug-likeness (QED) is 0.480. The number of aromatic nitrogens is 4. The molecule has 8 nitrogen and oxygen atoms in total. The highest BCUT2D eigenvalue weighted by molar-refractivity contribution is 6.31. The number of fused-ring (bicyclic) bond motifs is 1. The highest BCUT2D eigenvalue weighted by atomic mass is 35.5. The van der Waals surface area contributed by atoms with Crippen LogP contribution in [-0.4, -0.2) is 25.3 Å². The molecule has 0 radical (unpaired) electrons. The number of anilines is 3. The van der Waals surface area contributed by atoms with Crippen LogP contribution in [0.15, 0.2) is 61.3 Å². The Bertz CT molecular complexity index is 1160. The normalized spacial score (nSPS) is 10.8. The van der Waals surface area contributed by atoms with Gasteiger partial charge in [0.1, 0.15) is 17.8 Å². The molecule has 0 unspecified atom stereocenters. The Hall–Kier alpha value is -3.65. The summed E-state index contributed by atoms with van der Waals surface area (Å²) in [5.74, 6) is 0.0975. The minimum absolute atomic E-state index is 0.293. The highest BCUT2D eigenvalue weighted by Crippen LogP contribution is 2.17. The SMILES string of the molecule is Nc1ncccc1NCc1cc(NC(=O)c2cc3cc(Cl)cn3cn2)ccn1. The van der Waals surface area contributed by atoms with Gasteiger partial charge in [0.2, 0.25) is 0 Å². The number of hydrogen-bond acceptors (Lipinski definition) is 6. The van der Waals surface area contributed by atoms with Gasteiger partial charge in [0.15, 0.2) is 0 Å². The Labute approximate surface area is 165 Å². The van der Waals surface area contributed by atoms with Crippen molar-refractivity contribution in [3.63, 3.8) is 0 Å². The molecule has 0 aliphatic heterocycles. The molecular weight excluding hydrogens is 378 g/mol. The third-order valence-electron chi connectivity index (χ3n) is 4.06. The van der Waals surface area contributed by atoms with Crippen molar-refractivity contribution in [1.82, 2.24) is 19.4 Å². The Morgan fingerprint density at radius 3 is 2.89 bits per heavy atom. The average Bonchev–Trinajstić information content (AvgIpc) is 3.07. The zero-order valence-corrected chi connectivity index (χ0v) is 15.4. The van der Waals surface area contributed by atoms with Crippen LogP contribution < -0.4 is 16.4 Å². The predicted molar refractivity (Wildman–Crippen MR) is 108 cm³/mol. The fourth-order valence-corrected chi connectivity index (χ4v) is 2.92. The lowest BCUT2D eigenvalue weighted by Gasteiger charge is -2.09. The summed E-state index contributed by atoms with van der Waals surface area (Å²) in [7, 11) is 0. The maximum Gasteiger partial charge on any atom is 0.274 e. The van der Waals surface area contributed by atoms with Gasteiger partial charge in [-0.3, -0.25) is 9.78 Å². The lowest BCUT2D eigenvalue weighted by molar-refractivity contribution is 0.102. The smallest absolute Gasteiger partial charge is 0.274 e. The minimum Gasteiger partial charge on any atom is -0.382 e. The van der Waals surface area contributed by atoms with Crippen molar-refractivity contribution in [2.75, 3.05) is 16.4 Å². The Morgan fingerprint density at radius 2 is 2.04 bits per heavy atom. The van der Waals surface area contributed by atoms with Crippen molar-refractivity contribution in [2.45, 2.75) is 6.54 Å². The zero-order chi connectivity index (χ0) is 19.5.